The van der Waals surface area contributed by atoms with Gasteiger partial charge in [-0.05, 0) is 29.8 Å². The predicted octanol–water partition coefficient (Wildman–Crippen LogP) is 2.65. The van der Waals surface area contributed by atoms with Crippen molar-refractivity contribution < 1.29 is 8.42 Å². The van der Waals surface area contributed by atoms with Gasteiger partial charge in [0.2, 0.25) is 0 Å². The molecule has 1 aromatic carbocycles. The van der Waals surface area contributed by atoms with Crippen LogP contribution in [0.1, 0.15) is 5.56 Å². The second kappa shape index (κ2) is 5.97. The van der Waals surface area contributed by atoms with Gasteiger partial charge >= 0.3 is 0 Å². The first kappa shape index (κ1) is 15.1. The number of sulfonamides is 1. The highest BCUT2D eigenvalue weighted by Crippen LogP contribution is 2.30. The number of hydrogen-bond acceptors (Lipinski definition) is 4. The molecule has 0 fully saturated rings. The van der Waals surface area contributed by atoms with Gasteiger partial charge in [0.25, 0.3) is 10.0 Å². The van der Waals surface area contributed by atoms with E-state index in [-0.39, 0.29) is 21.5 Å². The van der Waals surface area contributed by atoms with E-state index in [0.717, 1.165) is 0 Å². The monoisotopic (exact) mass is 331 g/mol. The molecule has 0 bridgehead atoms. The van der Waals surface area contributed by atoms with Crippen LogP contribution in [0.15, 0.2) is 41.6 Å². The average molecular weight is 332 g/mol. The summed E-state index contributed by atoms with van der Waals surface area (Å²) in [6.45, 7) is 0.0921. The van der Waals surface area contributed by atoms with Gasteiger partial charge in [-0.1, -0.05) is 23.2 Å². The van der Waals surface area contributed by atoms with E-state index >= 15 is 0 Å². The molecule has 0 radical (unpaired) electrons. The first-order valence-corrected chi connectivity index (χ1v) is 7.79. The Morgan fingerprint density at radius 3 is 2.65 bits per heavy atom. The number of pyridine rings is 1. The molecule has 5 nitrogen and oxygen atoms in total. The van der Waals surface area contributed by atoms with Crippen molar-refractivity contribution in [1.82, 2.24) is 4.98 Å². The van der Waals surface area contributed by atoms with E-state index < -0.39 is 10.0 Å². The van der Waals surface area contributed by atoms with Crippen LogP contribution < -0.4 is 10.5 Å². The summed E-state index contributed by atoms with van der Waals surface area (Å²) in [7, 11) is -3.86. The van der Waals surface area contributed by atoms with E-state index in [2.05, 4.69) is 9.71 Å². The molecule has 0 unspecified atom stereocenters. The molecule has 0 aliphatic heterocycles. The molecule has 0 atom stereocenters. The number of benzene rings is 1. The van der Waals surface area contributed by atoms with Crippen molar-refractivity contribution >= 4 is 38.9 Å². The summed E-state index contributed by atoms with van der Waals surface area (Å²) in [5, 5.41) is 0.315. The zero-order chi connectivity index (χ0) is 14.8. The van der Waals surface area contributed by atoms with E-state index in [9.17, 15) is 8.42 Å². The van der Waals surface area contributed by atoms with Gasteiger partial charge in [-0.25, -0.2) is 8.42 Å². The van der Waals surface area contributed by atoms with Gasteiger partial charge in [-0.2, -0.15) is 0 Å². The maximum Gasteiger partial charge on any atom is 0.263 e. The largest absolute Gasteiger partial charge is 0.326 e. The van der Waals surface area contributed by atoms with Crippen LogP contribution in [0.3, 0.4) is 0 Å². The van der Waals surface area contributed by atoms with E-state index in [1.807, 2.05) is 0 Å². The van der Waals surface area contributed by atoms with Crippen molar-refractivity contribution in [1.29, 1.82) is 0 Å². The highest BCUT2D eigenvalue weighted by Gasteiger charge is 2.21. The third-order valence-electron chi connectivity index (χ3n) is 2.50. The molecule has 106 valence electrons. The fourth-order valence-corrected chi connectivity index (χ4v) is 3.58. The lowest BCUT2D eigenvalue weighted by Gasteiger charge is -2.12. The zero-order valence-corrected chi connectivity index (χ0v) is 12.5. The highest BCUT2D eigenvalue weighted by atomic mass is 35.5. The molecule has 0 saturated carbocycles. The zero-order valence-electron chi connectivity index (χ0n) is 10.2. The predicted molar refractivity (Wildman–Crippen MR) is 79.4 cm³/mol. The summed E-state index contributed by atoms with van der Waals surface area (Å²) in [6.07, 6.45) is 2.93. The number of nitrogens with one attached hydrogen (secondary N) is 1. The Labute approximate surface area is 126 Å². The first-order chi connectivity index (χ1) is 9.44. The van der Waals surface area contributed by atoms with Crippen molar-refractivity contribution in [3.8, 4) is 0 Å². The molecule has 3 N–H and O–H groups in total. The summed E-state index contributed by atoms with van der Waals surface area (Å²) in [6, 6.07) is 6.00. The lowest BCUT2D eigenvalue weighted by molar-refractivity contribution is 0.601. The molecule has 1 heterocycles. The Kier molecular flexibility index (Phi) is 4.49. The number of hydrogen-bond donors (Lipinski definition) is 2. The highest BCUT2D eigenvalue weighted by molar-refractivity contribution is 7.92. The number of rotatable bonds is 4. The average Bonchev–Trinajstić information content (AvgIpc) is 2.41. The number of halogens is 2. The fraction of sp³-hybridized carbons (Fsp3) is 0.0833. The lowest BCUT2D eigenvalue weighted by Crippen LogP contribution is -2.14. The normalized spacial score (nSPS) is 11.3. The van der Waals surface area contributed by atoms with Gasteiger partial charge in [0.1, 0.15) is 4.90 Å². The van der Waals surface area contributed by atoms with Gasteiger partial charge in [0.15, 0.2) is 0 Å². The Hall–Kier alpha value is -1.34. The maximum absolute atomic E-state index is 12.3. The molecule has 0 saturated heterocycles. The third kappa shape index (κ3) is 3.21. The standard InChI is InChI=1S/C12H11Cl2N3O2S/c13-9-4-8(6-15)12(14)11(5-9)20(18,19)17-10-2-1-3-16-7-10/h1-5,7,17H,6,15H2. The van der Waals surface area contributed by atoms with E-state index in [0.29, 0.717) is 11.3 Å². The quantitative estimate of drug-likeness (QED) is 0.901. The fourth-order valence-electron chi connectivity index (χ4n) is 1.60. The molecule has 0 aliphatic rings. The van der Waals surface area contributed by atoms with Crippen LogP contribution >= 0.6 is 23.2 Å². The molecular formula is C12H11Cl2N3O2S. The summed E-state index contributed by atoms with van der Waals surface area (Å²) >= 11 is 11.9. The molecule has 0 spiro atoms. The molecule has 20 heavy (non-hydrogen) atoms. The van der Waals surface area contributed by atoms with Gasteiger partial charge in [0, 0.05) is 17.8 Å². The number of nitrogens with two attached hydrogens (primary N) is 1. The summed E-state index contributed by atoms with van der Waals surface area (Å²) in [4.78, 5) is 3.72. The van der Waals surface area contributed by atoms with Crippen LogP contribution in [0.25, 0.3) is 0 Å². The van der Waals surface area contributed by atoms with Crippen LogP contribution in [-0.2, 0) is 16.6 Å². The summed E-state index contributed by atoms with van der Waals surface area (Å²) < 4.78 is 27.0. The smallest absolute Gasteiger partial charge is 0.263 e. The van der Waals surface area contributed by atoms with Gasteiger partial charge in [-0.15, -0.1) is 0 Å². The number of nitrogens with zero attached hydrogens (tertiary/aromatic N) is 1. The van der Waals surface area contributed by atoms with Crippen molar-refractivity contribution in [2.45, 2.75) is 11.4 Å². The van der Waals surface area contributed by atoms with Crippen molar-refractivity contribution in [2.75, 3.05) is 4.72 Å². The Morgan fingerprint density at radius 1 is 1.30 bits per heavy atom. The van der Waals surface area contributed by atoms with Crippen LogP contribution in [0.4, 0.5) is 5.69 Å². The maximum atomic E-state index is 12.3. The van der Waals surface area contributed by atoms with Gasteiger partial charge < -0.3 is 5.73 Å². The van der Waals surface area contributed by atoms with Crippen LogP contribution in [-0.4, -0.2) is 13.4 Å². The topological polar surface area (TPSA) is 85.1 Å². The Morgan fingerprint density at radius 2 is 2.05 bits per heavy atom. The molecule has 0 aliphatic carbocycles. The lowest BCUT2D eigenvalue weighted by atomic mass is 10.2. The molecule has 2 aromatic rings. The van der Waals surface area contributed by atoms with Crippen LogP contribution in [0.2, 0.25) is 10.0 Å². The molecular weight excluding hydrogens is 321 g/mol. The minimum absolute atomic E-state index is 0.0632. The van der Waals surface area contributed by atoms with Crippen molar-refractivity contribution in [3.05, 3.63) is 52.3 Å². The minimum atomic E-state index is -3.86. The minimum Gasteiger partial charge on any atom is -0.326 e. The summed E-state index contributed by atoms with van der Waals surface area (Å²) in [5.41, 5.74) is 6.31. The molecule has 1 aromatic heterocycles. The molecule has 0 amide bonds. The number of anilines is 1. The summed E-state index contributed by atoms with van der Waals surface area (Å²) in [5.74, 6) is 0. The van der Waals surface area contributed by atoms with E-state index in [4.69, 9.17) is 28.9 Å². The van der Waals surface area contributed by atoms with Crippen molar-refractivity contribution in [3.63, 3.8) is 0 Å². The van der Waals surface area contributed by atoms with Gasteiger partial charge in [0.05, 0.1) is 16.9 Å². The SMILES string of the molecule is NCc1cc(Cl)cc(S(=O)(=O)Nc2cccnc2)c1Cl. The Bertz CT molecular complexity index is 721. The Balaban J connectivity index is 2.47. The van der Waals surface area contributed by atoms with Crippen molar-refractivity contribution in [2.24, 2.45) is 5.73 Å². The van der Waals surface area contributed by atoms with Gasteiger partial charge in [-0.3, -0.25) is 9.71 Å². The molecule has 8 heteroatoms. The van der Waals surface area contributed by atoms with E-state index in [1.165, 1.54) is 24.5 Å². The van der Waals surface area contributed by atoms with E-state index in [1.54, 1.807) is 12.1 Å². The van der Waals surface area contributed by atoms with Crippen LogP contribution in [0, 0.1) is 0 Å². The third-order valence-corrected chi connectivity index (χ3v) is 4.68. The second-order valence-corrected chi connectivity index (χ2v) is 6.39. The first-order valence-electron chi connectivity index (χ1n) is 5.55. The molecule has 2 rings (SSSR count). The second-order valence-electron chi connectivity index (χ2n) is 3.93. The number of aromatic nitrogens is 1. The van der Waals surface area contributed by atoms with Crippen LogP contribution in [0.5, 0.6) is 0 Å².